The maximum Gasteiger partial charge on any atom is 0.328 e. The highest BCUT2D eigenvalue weighted by Gasteiger charge is 2.30. The van der Waals surface area contributed by atoms with Gasteiger partial charge in [0.05, 0.1) is 18.9 Å². The highest BCUT2D eigenvalue weighted by atomic mass is 32.2. The van der Waals surface area contributed by atoms with Crippen LogP contribution in [0.15, 0.2) is 54.6 Å². The molecule has 0 spiro atoms. The van der Waals surface area contributed by atoms with Crippen LogP contribution in [0.2, 0.25) is 0 Å². The molecule has 3 rings (SSSR count). The normalized spacial score (nSPS) is 14.5. The molecule has 8 heteroatoms. The predicted molar refractivity (Wildman–Crippen MR) is 113 cm³/mol. The van der Waals surface area contributed by atoms with Crippen molar-refractivity contribution in [2.75, 3.05) is 12.4 Å². The number of rotatable bonds is 8. The smallest absolute Gasteiger partial charge is 0.328 e. The zero-order valence-corrected chi connectivity index (χ0v) is 17.3. The summed E-state index contributed by atoms with van der Waals surface area (Å²) in [5, 5.41) is 2.45. The van der Waals surface area contributed by atoms with Crippen LogP contribution in [-0.2, 0) is 27.3 Å². The van der Waals surface area contributed by atoms with E-state index in [0.29, 0.717) is 17.5 Å². The van der Waals surface area contributed by atoms with Crippen molar-refractivity contribution in [2.24, 2.45) is 0 Å². The first-order valence-electron chi connectivity index (χ1n) is 9.55. The van der Waals surface area contributed by atoms with Gasteiger partial charge in [0.25, 0.3) is 11.1 Å². The highest BCUT2D eigenvalue weighted by molar-refractivity contribution is 8.14. The minimum Gasteiger partial charge on any atom is -0.464 e. The number of esters is 1. The first-order valence-corrected chi connectivity index (χ1v) is 10.5. The minimum absolute atomic E-state index is 0.108. The molecule has 1 fully saturated rings. The lowest BCUT2D eigenvalue weighted by atomic mass is 10.0. The maximum atomic E-state index is 12.8. The summed E-state index contributed by atoms with van der Waals surface area (Å²) in [6.45, 7) is 2.03. The van der Waals surface area contributed by atoms with Crippen LogP contribution in [-0.4, -0.2) is 46.3 Å². The molecule has 2 aromatic carbocycles. The molecule has 156 valence electrons. The Morgan fingerprint density at radius 3 is 2.50 bits per heavy atom. The van der Waals surface area contributed by atoms with Gasteiger partial charge in [-0.25, -0.2) is 4.79 Å². The molecule has 1 heterocycles. The number of hydrogen-bond acceptors (Lipinski definition) is 6. The van der Waals surface area contributed by atoms with E-state index in [1.54, 1.807) is 31.2 Å². The standard InChI is InChI=1S/C22H22N2O5S/c1-2-29-21(27)18(12-15-7-4-3-5-8-15)23-20(26)17-10-6-9-16(11-17)13-24-19(25)14-30-22(24)28/h3-11,18H,2,12-14H2,1H3,(H,23,26). The molecule has 0 aromatic heterocycles. The van der Waals surface area contributed by atoms with Crippen molar-refractivity contribution in [1.82, 2.24) is 10.2 Å². The monoisotopic (exact) mass is 426 g/mol. The molecule has 1 saturated heterocycles. The Labute approximate surface area is 178 Å². The van der Waals surface area contributed by atoms with Gasteiger partial charge in [0.2, 0.25) is 5.91 Å². The van der Waals surface area contributed by atoms with Crippen molar-refractivity contribution in [3.63, 3.8) is 0 Å². The largest absolute Gasteiger partial charge is 0.464 e. The fraction of sp³-hybridized carbons (Fsp3) is 0.273. The van der Waals surface area contributed by atoms with E-state index in [1.165, 1.54) is 4.90 Å². The van der Waals surface area contributed by atoms with Gasteiger partial charge in [-0.1, -0.05) is 54.2 Å². The summed E-state index contributed by atoms with van der Waals surface area (Å²) < 4.78 is 5.11. The Kier molecular flexibility index (Phi) is 7.24. The molecule has 1 aliphatic rings. The molecule has 1 aliphatic heterocycles. The third-order valence-electron chi connectivity index (χ3n) is 4.53. The molecule has 0 aliphatic carbocycles. The molecule has 1 N–H and O–H groups in total. The number of hydrogen-bond donors (Lipinski definition) is 1. The SMILES string of the molecule is CCOC(=O)C(Cc1ccccc1)NC(=O)c1cccc(CN2C(=O)CSC2=O)c1. The Hall–Kier alpha value is -3.13. The highest BCUT2D eigenvalue weighted by Crippen LogP contribution is 2.21. The third kappa shape index (κ3) is 5.48. The van der Waals surface area contributed by atoms with Gasteiger partial charge in [-0.3, -0.25) is 19.3 Å². The summed E-state index contributed by atoms with van der Waals surface area (Å²) in [5.74, 6) is -1.04. The fourth-order valence-corrected chi connectivity index (χ4v) is 3.78. The van der Waals surface area contributed by atoms with Crippen LogP contribution in [0, 0.1) is 0 Å². The quantitative estimate of drug-likeness (QED) is 0.653. The van der Waals surface area contributed by atoms with Crippen molar-refractivity contribution in [3.05, 3.63) is 71.3 Å². The number of carbonyl (C=O) groups is 4. The third-order valence-corrected chi connectivity index (χ3v) is 5.39. The zero-order valence-electron chi connectivity index (χ0n) is 16.5. The number of ether oxygens (including phenoxy) is 1. The second kappa shape index (κ2) is 10.1. The van der Waals surface area contributed by atoms with Crippen LogP contribution in [0.1, 0.15) is 28.4 Å². The van der Waals surface area contributed by atoms with E-state index in [9.17, 15) is 19.2 Å². The van der Waals surface area contributed by atoms with Crippen molar-refractivity contribution in [3.8, 4) is 0 Å². The van der Waals surface area contributed by atoms with Crippen LogP contribution in [0.5, 0.6) is 0 Å². The van der Waals surface area contributed by atoms with Gasteiger partial charge in [0, 0.05) is 12.0 Å². The van der Waals surface area contributed by atoms with Gasteiger partial charge < -0.3 is 10.1 Å². The summed E-state index contributed by atoms with van der Waals surface area (Å²) in [6.07, 6.45) is 0.305. The Morgan fingerprint density at radius 1 is 1.10 bits per heavy atom. The lowest BCUT2D eigenvalue weighted by molar-refractivity contribution is -0.145. The molecule has 0 radical (unpaired) electrons. The van der Waals surface area contributed by atoms with E-state index < -0.39 is 17.9 Å². The van der Waals surface area contributed by atoms with Crippen LogP contribution in [0.3, 0.4) is 0 Å². The number of imide groups is 1. The van der Waals surface area contributed by atoms with Gasteiger partial charge in [-0.15, -0.1) is 0 Å². The molecular formula is C22H22N2O5S. The van der Waals surface area contributed by atoms with Crippen molar-refractivity contribution < 1.29 is 23.9 Å². The first-order chi connectivity index (χ1) is 14.5. The predicted octanol–water partition coefficient (Wildman–Crippen LogP) is 2.79. The van der Waals surface area contributed by atoms with E-state index >= 15 is 0 Å². The number of carbonyl (C=O) groups excluding carboxylic acids is 4. The molecule has 0 bridgehead atoms. The second-order valence-corrected chi connectivity index (χ2v) is 7.63. The summed E-state index contributed by atoms with van der Waals surface area (Å²) in [7, 11) is 0. The van der Waals surface area contributed by atoms with Gasteiger partial charge in [0.1, 0.15) is 6.04 Å². The minimum atomic E-state index is -0.832. The summed E-state index contributed by atoms with van der Waals surface area (Å²) in [6, 6.07) is 15.2. The number of amides is 3. The molecule has 1 atom stereocenters. The molecule has 1 unspecified atom stereocenters. The molecule has 30 heavy (non-hydrogen) atoms. The van der Waals surface area contributed by atoms with Crippen LogP contribution in [0.4, 0.5) is 4.79 Å². The molecule has 2 aromatic rings. The Balaban J connectivity index is 1.72. The van der Waals surface area contributed by atoms with Gasteiger partial charge >= 0.3 is 5.97 Å². The van der Waals surface area contributed by atoms with Gasteiger partial charge in [-0.05, 0) is 30.2 Å². The Morgan fingerprint density at radius 2 is 1.83 bits per heavy atom. The average molecular weight is 426 g/mol. The van der Waals surface area contributed by atoms with Crippen LogP contribution in [0.25, 0.3) is 0 Å². The Bertz CT molecular complexity index is 932. The second-order valence-electron chi connectivity index (χ2n) is 6.70. The number of nitrogens with zero attached hydrogens (tertiary/aromatic N) is 1. The maximum absolute atomic E-state index is 12.8. The van der Waals surface area contributed by atoms with Crippen molar-refractivity contribution >= 4 is 34.8 Å². The summed E-state index contributed by atoms with van der Waals surface area (Å²) in [5.41, 5.74) is 1.89. The molecular weight excluding hydrogens is 404 g/mol. The zero-order chi connectivity index (χ0) is 21.5. The summed E-state index contributed by atoms with van der Waals surface area (Å²) >= 11 is 0.967. The van der Waals surface area contributed by atoms with E-state index in [2.05, 4.69) is 5.32 Å². The summed E-state index contributed by atoms with van der Waals surface area (Å²) in [4.78, 5) is 49.9. The number of benzene rings is 2. The lowest BCUT2D eigenvalue weighted by Crippen LogP contribution is -2.43. The average Bonchev–Trinajstić information content (AvgIpc) is 3.06. The number of nitrogens with one attached hydrogen (secondary N) is 1. The van der Waals surface area contributed by atoms with Crippen molar-refractivity contribution in [2.45, 2.75) is 25.9 Å². The molecule has 7 nitrogen and oxygen atoms in total. The van der Waals surface area contributed by atoms with Gasteiger partial charge in [0.15, 0.2) is 0 Å². The molecule has 0 saturated carbocycles. The lowest BCUT2D eigenvalue weighted by Gasteiger charge is -2.18. The van der Waals surface area contributed by atoms with E-state index in [-0.39, 0.29) is 30.1 Å². The van der Waals surface area contributed by atoms with E-state index in [0.717, 1.165) is 17.3 Å². The van der Waals surface area contributed by atoms with Crippen molar-refractivity contribution in [1.29, 1.82) is 0 Å². The van der Waals surface area contributed by atoms with Gasteiger partial charge in [-0.2, -0.15) is 0 Å². The number of thioether (sulfide) groups is 1. The first kappa shape index (κ1) is 21.6. The molecule has 3 amide bonds. The van der Waals surface area contributed by atoms with Crippen LogP contribution >= 0.6 is 11.8 Å². The van der Waals surface area contributed by atoms with E-state index in [1.807, 2.05) is 30.3 Å². The van der Waals surface area contributed by atoms with E-state index in [4.69, 9.17) is 4.74 Å². The van der Waals surface area contributed by atoms with Crippen LogP contribution < -0.4 is 5.32 Å². The fourth-order valence-electron chi connectivity index (χ4n) is 3.05. The topological polar surface area (TPSA) is 92.8 Å².